The average Bonchev–Trinajstić information content (AvgIpc) is 3.07. The van der Waals surface area contributed by atoms with Gasteiger partial charge in [-0.3, -0.25) is 5.32 Å². The van der Waals surface area contributed by atoms with Crippen LogP contribution in [0, 0.1) is 17.2 Å². The molecule has 2 fully saturated rings. The molecular weight excluding hydrogens is 216 g/mol. The third kappa shape index (κ3) is 3.19. The summed E-state index contributed by atoms with van der Waals surface area (Å²) in [4.78, 5) is 0. The fraction of sp³-hybridized carbons (Fsp3) is 0.923. The first kappa shape index (κ1) is 12.8. The van der Waals surface area contributed by atoms with Crippen LogP contribution in [-0.4, -0.2) is 38.0 Å². The molecule has 0 aromatic rings. The van der Waals surface area contributed by atoms with E-state index in [4.69, 9.17) is 9.47 Å². The third-order valence-electron chi connectivity index (χ3n) is 3.62. The molecule has 0 amide bonds. The maximum atomic E-state index is 9.39. The van der Waals surface area contributed by atoms with Gasteiger partial charge >= 0.3 is 0 Å². The molecule has 1 saturated heterocycles. The number of hydrogen-bond acceptors (Lipinski definition) is 4. The number of nitriles is 1. The van der Waals surface area contributed by atoms with Crippen LogP contribution in [0.15, 0.2) is 0 Å². The van der Waals surface area contributed by atoms with E-state index in [-0.39, 0.29) is 6.10 Å². The molecule has 0 bridgehead atoms. The van der Waals surface area contributed by atoms with Gasteiger partial charge in [0.2, 0.25) is 0 Å². The Morgan fingerprint density at radius 1 is 1.47 bits per heavy atom. The van der Waals surface area contributed by atoms with Crippen LogP contribution < -0.4 is 5.32 Å². The van der Waals surface area contributed by atoms with E-state index in [0.717, 1.165) is 38.8 Å². The number of nitrogens with zero attached hydrogens (tertiary/aromatic N) is 1. The Bertz CT molecular complexity index is 280. The summed E-state index contributed by atoms with van der Waals surface area (Å²) in [6.45, 7) is 4.82. The van der Waals surface area contributed by atoms with Crippen LogP contribution in [0.4, 0.5) is 0 Å². The predicted octanol–water partition coefficient (Wildman–Crippen LogP) is 1.46. The smallest absolute Gasteiger partial charge is 0.133 e. The second-order valence-corrected chi connectivity index (χ2v) is 5.04. The highest BCUT2D eigenvalue weighted by atomic mass is 16.5. The van der Waals surface area contributed by atoms with E-state index >= 15 is 0 Å². The first-order valence-electron chi connectivity index (χ1n) is 6.66. The molecule has 0 spiro atoms. The van der Waals surface area contributed by atoms with Crippen LogP contribution in [0.3, 0.4) is 0 Å². The number of nitrogens with one attached hydrogen (secondary N) is 1. The lowest BCUT2D eigenvalue weighted by molar-refractivity contribution is -0.000483. The van der Waals surface area contributed by atoms with E-state index in [1.165, 1.54) is 0 Å². The highest BCUT2D eigenvalue weighted by molar-refractivity contribution is 5.15. The first-order chi connectivity index (χ1) is 8.30. The minimum Gasteiger partial charge on any atom is -0.376 e. The lowest BCUT2D eigenvalue weighted by atomic mass is 9.96. The van der Waals surface area contributed by atoms with Crippen molar-refractivity contribution < 1.29 is 9.47 Å². The lowest BCUT2D eigenvalue weighted by Gasteiger charge is -2.27. The van der Waals surface area contributed by atoms with Crippen molar-refractivity contribution in [1.82, 2.24) is 5.32 Å². The van der Waals surface area contributed by atoms with Gasteiger partial charge in [-0.15, -0.1) is 0 Å². The fourth-order valence-electron chi connectivity index (χ4n) is 2.50. The van der Waals surface area contributed by atoms with Gasteiger partial charge in [-0.2, -0.15) is 5.26 Å². The van der Waals surface area contributed by atoms with Gasteiger partial charge in [0.25, 0.3) is 0 Å². The Labute approximate surface area is 103 Å². The first-order valence-corrected chi connectivity index (χ1v) is 6.66. The van der Waals surface area contributed by atoms with Crippen molar-refractivity contribution in [2.24, 2.45) is 5.92 Å². The Hall–Kier alpha value is -0.630. The molecule has 2 aliphatic rings. The number of ether oxygens (including phenoxy) is 2. The van der Waals surface area contributed by atoms with Gasteiger partial charge in [-0.1, -0.05) is 6.92 Å². The minimum absolute atomic E-state index is 0.243. The molecule has 1 aliphatic heterocycles. The summed E-state index contributed by atoms with van der Waals surface area (Å²) < 4.78 is 11.2. The topological polar surface area (TPSA) is 54.3 Å². The summed E-state index contributed by atoms with van der Waals surface area (Å²) in [5.41, 5.74) is -0.465. The second kappa shape index (κ2) is 5.81. The van der Waals surface area contributed by atoms with Crippen LogP contribution in [0.1, 0.15) is 32.6 Å². The van der Waals surface area contributed by atoms with Crippen LogP contribution in [0.2, 0.25) is 0 Å². The summed E-state index contributed by atoms with van der Waals surface area (Å²) in [7, 11) is 0. The molecule has 0 aromatic carbocycles. The molecule has 1 aliphatic carbocycles. The molecule has 4 nitrogen and oxygen atoms in total. The monoisotopic (exact) mass is 238 g/mol. The average molecular weight is 238 g/mol. The Morgan fingerprint density at radius 3 is 2.82 bits per heavy atom. The molecule has 1 N–H and O–H groups in total. The van der Waals surface area contributed by atoms with E-state index in [1.54, 1.807) is 0 Å². The van der Waals surface area contributed by atoms with E-state index in [0.29, 0.717) is 19.1 Å². The summed E-state index contributed by atoms with van der Waals surface area (Å²) >= 11 is 0. The van der Waals surface area contributed by atoms with Gasteiger partial charge in [0, 0.05) is 6.61 Å². The maximum absolute atomic E-state index is 9.39. The fourth-order valence-corrected chi connectivity index (χ4v) is 2.50. The molecule has 0 radical (unpaired) electrons. The summed E-state index contributed by atoms with van der Waals surface area (Å²) in [6.07, 6.45) is 4.75. The van der Waals surface area contributed by atoms with Crippen molar-refractivity contribution in [2.45, 2.75) is 44.2 Å². The van der Waals surface area contributed by atoms with Gasteiger partial charge < -0.3 is 9.47 Å². The van der Waals surface area contributed by atoms with Crippen LogP contribution >= 0.6 is 0 Å². The standard InChI is InChI=1S/C13H22N2O2/c1-2-15-13(9-14,11-5-6-11)10-16-8-12-4-3-7-17-12/h11-12,15H,2-8,10H2,1H3. The minimum atomic E-state index is -0.465. The lowest BCUT2D eigenvalue weighted by Crippen LogP contribution is -2.50. The second-order valence-electron chi connectivity index (χ2n) is 5.04. The van der Waals surface area contributed by atoms with Crippen LogP contribution in [0.25, 0.3) is 0 Å². The van der Waals surface area contributed by atoms with Gasteiger partial charge in [-0.05, 0) is 38.1 Å². The molecule has 4 heteroatoms. The van der Waals surface area contributed by atoms with Crippen molar-refractivity contribution in [3.8, 4) is 6.07 Å². The van der Waals surface area contributed by atoms with E-state index in [1.807, 2.05) is 6.92 Å². The Morgan fingerprint density at radius 2 is 2.29 bits per heavy atom. The highest BCUT2D eigenvalue weighted by Gasteiger charge is 2.45. The van der Waals surface area contributed by atoms with Crippen molar-refractivity contribution >= 4 is 0 Å². The molecule has 2 atom stereocenters. The highest BCUT2D eigenvalue weighted by Crippen LogP contribution is 2.39. The molecule has 96 valence electrons. The van der Waals surface area contributed by atoms with E-state index in [2.05, 4.69) is 11.4 Å². The molecule has 2 unspecified atom stereocenters. The predicted molar refractivity (Wildman–Crippen MR) is 64.5 cm³/mol. The van der Waals surface area contributed by atoms with E-state index in [9.17, 15) is 5.26 Å². The quantitative estimate of drug-likeness (QED) is 0.729. The van der Waals surface area contributed by atoms with Crippen molar-refractivity contribution in [3.63, 3.8) is 0 Å². The van der Waals surface area contributed by atoms with Gasteiger partial charge in [-0.25, -0.2) is 0 Å². The molecule has 17 heavy (non-hydrogen) atoms. The zero-order valence-electron chi connectivity index (χ0n) is 10.6. The zero-order chi connectivity index (χ0) is 12.1. The molecular formula is C13H22N2O2. The normalized spacial score (nSPS) is 27.6. The van der Waals surface area contributed by atoms with Crippen molar-refractivity contribution in [2.75, 3.05) is 26.4 Å². The number of likely N-dealkylation sites (N-methyl/N-ethyl adjacent to an activating group) is 1. The molecule has 1 heterocycles. The molecule has 0 aromatic heterocycles. The van der Waals surface area contributed by atoms with E-state index < -0.39 is 5.54 Å². The van der Waals surface area contributed by atoms with Crippen LogP contribution in [-0.2, 0) is 9.47 Å². The van der Waals surface area contributed by atoms with Gasteiger partial charge in [0.15, 0.2) is 0 Å². The van der Waals surface area contributed by atoms with Gasteiger partial charge in [0.05, 0.1) is 25.4 Å². The summed E-state index contributed by atoms with van der Waals surface area (Å²) in [5, 5.41) is 12.7. The largest absolute Gasteiger partial charge is 0.376 e. The summed E-state index contributed by atoms with van der Waals surface area (Å²) in [5.74, 6) is 0.469. The Kier molecular flexibility index (Phi) is 4.38. The maximum Gasteiger partial charge on any atom is 0.133 e. The third-order valence-corrected chi connectivity index (χ3v) is 3.62. The molecule has 2 rings (SSSR count). The number of hydrogen-bond donors (Lipinski definition) is 1. The van der Waals surface area contributed by atoms with Crippen molar-refractivity contribution in [1.29, 1.82) is 5.26 Å². The zero-order valence-corrected chi connectivity index (χ0v) is 10.6. The summed E-state index contributed by atoms with van der Waals surface area (Å²) in [6, 6.07) is 2.43. The Balaban J connectivity index is 1.78. The molecule has 1 saturated carbocycles. The number of rotatable bonds is 7. The SMILES string of the molecule is CCNC(C#N)(COCC1CCCO1)C1CC1. The van der Waals surface area contributed by atoms with Crippen molar-refractivity contribution in [3.05, 3.63) is 0 Å². The van der Waals surface area contributed by atoms with Crippen LogP contribution in [0.5, 0.6) is 0 Å². The van der Waals surface area contributed by atoms with Gasteiger partial charge in [0.1, 0.15) is 5.54 Å².